The summed E-state index contributed by atoms with van der Waals surface area (Å²) in [5, 5.41) is 7.87. The number of rotatable bonds is 4. The van der Waals surface area contributed by atoms with E-state index in [0.717, 1.165) is 17.8 Å². The van der Waals surface area contributed by atoms with E-state index in [4.69, 9.17) is 11.5 Å². The summed E-state index contributed by atoms with van der Waals surface area (Å²) in [6.45, 7) is 0.808. The highest BCUT2D eigenvalue weighted by molar-refractivity contribution is 5.99. The molecule has 1 aliphatic heterocycles. The molecule has 1 aromatic carbocycles. The van der Waals surface area contributed by atoms with Crippen molar-refractivity contribution in [3.8, 4) is 5.75 Å². The Labute approximate surface area is 179 Å². The number of carbonyl (C=O) groups is 2. The summed E-state index contributed by atoms with van der Waals surface area (Å²) in [7, 11) is 0. The Hall–Kier alpha value is -3.83. The van der Waals surface area contributed by atoms with Gasteiger partial charge < -0.3 is 21.1 Å². The molecular formula is C20H19F3N6O3. The Kier molecular flexibility index (Phi) is 5.36. The SMILES string of the molecule is NC(=O)c1cnc2[nH]nc(C3CCN(C(=O)c4ccc(OC(F)(F)F)cc4N)CC3)c2c1. The average molecular weight is 448 g/mol. The quantitative estimate of drug-likeness (QED) is 0.524. The molecule has 3 aromatic rings. The highest BCUT2D eigenvalue weighted by Gasteiger charge is 2.32. The van der Waals surface area contributed by atoms with Crippen molar-refractivity contribution in [2.24, 2.45) is 5.73 Å². The zero-order chi connectivity index (χ0) is 23.0. The molecule has 5 N–H and O–H groups in total. The molecule has 0 spiro atoms. The largest absolute Gasteiger partial charge is 0.573 e. The number of aromatic amines is 1. The van der Waals surface area contributed by atoms with Gasteiger partial charge in [0.1, 0.15) is 5.75 Å². The number of alkyl halides is 3. The summed E-state index contributed by atoms with van der Waals surface area (Å²) < 4.78 is 40.9. The van der Waals surface area contributed by atoms with Crippen LogP contribution in [-0.2, 0) is 0 Å². The number of aromatic nitrogens is 3. The van der Waals surface area contributed by atoms with Crippen LogP contribution in [0, 0.1) is 0 Å². The maximum Gasteiger partial charge on any atom is 0.573 e. The van der Waals surface area contributed by atoms with E-state index in [1.165, 1.54) is 12.3 Å². The number of nitrogen functional groups attached to an aromatic ring is 1. The number of nitrogens with zero attached hydrogens (tertiary/aromatic N) is 3. The molecule has 168 valence electrons. The first-order chi connectivity index (χ1) is 15.1. The molecule has 4 rings (SSSR count). The minimum atomic E-state index is -4.84. The van der Waals surface area contributed by atoms with Crippen LogP contribution in [0.1, 0.15) is 45.2 Å². The molecule has 3 heterocycles. The fraction of sp³-hybridized carbons (Fsp3) is 0.300. The number of halogens is 3. The third-order valence-electron chi connectivity index (χ3n) is 5.39. The monoisotopic (exact) mass is 448 g/mol. The van der Waals surface area contributed by atoms with Gasteiger partial charge in [0, 0.05) is 42.3 Å². The van der Waals surface area contributed by atoms with E-state index >= 15 is 0 Å². The second-order valence-electron chi connectivity index (χ2n) is 7.46. The van der Waals surface area contributed by atoms with Crippen molar-refractivity contribution in [1.29, 1.82) is 0 Å². The minimum absolute atomic E-state index is 0.0256. The predicted octanol–water partition coefficient (Wildman–Crippen LogP) is 2.56. The molecule has 0 saturated carbocycles. The van der Waals surface area contributed by atoms with E-state index < -0.39 is 18.0 Å². The first kappa shape index (κ1) is 21.4. The summed E-state index contributed by atoms with van der Waals surface area (Å²) >= 11 is 0. The third kappa shape index (κ3) is 4.29. The van der Waals surface area contributed by atoms with Crippen LogP contribution in [0.25, 0.3) is 11.0 Å². The van der Waals surface area contributed by atoms with E-state index in [0.29, 0.717) is 37.0 Å². The van der Waals surface area contributed by atoms with Crippen LogP contribution in [0.4, 0.5) is 18.9 Å². The van der Waals surface area contributed by atoms with Gasteiger partial charge in [0.25, 0.3) is 5.91 Å². The van der Waals surface area contributed by atoms with E-state index in [-0.39, 0.29) is 28.6 Å². The molecule has 1 saturated heterocycles. The molecule has 9 nitrogen and oxygen atoms in total. The fourth-order valence-corrected chi connectivity index (χ4v) is 3.83. The average Bonchev–Trinajstić information content (AvgIpc) is 3.15. The molecule has 32 heavy (non-hydrogen) atoms. The summed E-state index contributed by atoms with van der Waals surface area (Å²) in [4.78, 5) is 30.1. The summed E-state index contributed by atoms with van der Waals surface area (Å²) in [6.07, 6.45) is -2.27. The molecule has 1 aliphatic rings. The number of primary amides is 1. The van der Waals surface area contributed by atoms with E-state index in [2.05, 4.69) is 19.9 Å². The summed E-state index contributed by atoms with van der Waals surface area (Å²) in [5.74, 6) is -1.42. The zero-order valence-electron chi connectivity index (χ0n) is 16.6. The normalized spacial score (nSPS) is 15.2. The van der Waals surface area contributed by atoms with Crippen molar-refractivity contribution in [3.05, 3.63) is 47.3 Å². The molecule has 0 radical (unpaired) electrons. The summed E-state index contributed by atoms with van der Waals surface area (Å²) in [5.41, 5.74) is 12.7. The minimum Gasteiger partial charge on any atom is -0.406 e. The molecule has 0 atom stereocenters. The smallest absolute Gasteiger partial charge is 0.406 e. The number of likely N-dealkylation sites (tertiary alicyclic amines) is 1. The maximum atomic E-state index is 12.8. The van der Waals surface area contributed by atoms with Gasteiger partial charge in [-0.15, -0.1) is 13.2 Å². The fourth-order valence-electron chi connectivity index (χ4n) is 3.83. The van der Waals surface area contributed by atoms with Crippen molar-refractivity contribution in [3.63, 3.8) is 0 Å². The first-order valence-corrected chi connectivity index (χ1v) is 9.71. The van der Waals surface area contributed by atoms with Gasteiger partial charge in [-0.25, -0.2) is 4.98 Å². The maximum absolute atomic E-state index is 12.8. The number of hydrogen-bond acceptors (Lipinski definition) is 6. The van der Waals surface area contributed by atoms with Crippen LogP contribution >= 0.6 is 0 Å². The number of ether oxygens (including phenoxy) is 1. The lowest BCUT2D eigenvalue weighted by molar-refractivity contribution is -0.274. The number of pyridine rings is 1. The Morgan fingerprint density at radius 3 is 2.53 bits per heavy atom. The number of hydrogen-bond donors (Lipinski definition) is 3. The van der Waals surface area contributed by atoms with Crippen molar-refractivity contribution in [1.82, 2.24) is 20.1 Å². The number of anilines is 1. The standard InChI is InChI=1S/C20H19F3N6O3/c21-20(22,23)32-12-1-2-13(15(24)8-12)19(31)29-5-3-10(4-6-29)16-14-7-11(17(25)30)9-26-18(14)28-27-16/h1-2,7-10H,3-6,24H2,(H2,25,30)(H,26,27,28). The highest BCUT2D eigenvalue weighted by Crippen LogP contribution is 2.33. The number of H-pyrrole nitrogens is 1. The number of piperidine rings is 1. The molecule has 0 unspecified atom stereocenters. The molecule has 12 heteroatoms. The number of amides is 2. The van der Waals surface area contributed by atoms with Crippen molar-refractivity contribution in [2.45, 2.75) is 25.1 Å². The van der Waals surface area contributed by atoms with Crippen LogP contribution in [-0.4, -0.2) is 51.3 Å². The van der Waals surface area contributed by atoms with E-state index in [9.17, 15) is 22.8 Å². The van der Waals surface area contributed by atoms with Gasteiger partial charge in [0.15, 0.2) is 5.65 Å². The van der Waals surface area contributed by atoms with Gasteiger partial charge in [-0.2, -0.15) is 5.10 Å². The number of carbonyl (C=O) groups excluding carboxylic acids is 2. The number of fused-ring (bicyclic) bond motifs is 1. The second-order valence-corrected chi connectivity index (χ2v) is 7.46. The molecule has 1 fully saturated rings. The predicted molar refractivity (Wildman–Crippen MR) is 108 cm³/mol. The van der Waals surface area contributed by atoms with Gasteiger partial charge in [0.05, 0.1) is 16.8 Å². The van der Waals surface area contributed by atoms with Gasteiger partial charge in [-0.1, -0.05) is 0 Å². The van der Waals surface area contributed by atoms with Crippen LogP contribution < -0.4 is 16.2 Å². The van der Waals surface area contributed by atoms with Crippen molar-refractivity contribution in [2.75, 3.05) is 18.8 Å². The van der Waals surface area contributed by atoms with Crippen LogP contribution in [0.5, 0.6) is 5.75 Å². The lowest BCUT2D eigenvalue weighted by Crippen LogP contribution is -2.38. The molecule has 0 bridgehead atoms. The zero-order valence-corrected chi connectivity index (χ0v) is 16.6. The number of nitrogens with one attached hydrogen (secondary N) is 1. The van der Waals surface area contributed by atoms with Crippen LogP contribution in [0.15, 0.2) is 30.5 Å². The number of benzene rings is 1. The van der Waals surface area contributed by atoms with Crippen LogP contribution in [0.2, 0.25) is 0 Å². The van der Waals surface area contributed by atoms with Gasteiger partial charge in [-0.05, 0) is 31.0 Å². The van der Waals surface area contributed by atoms with Crippen molar-refractivity contribution < 1.29 is 27.5 Å². The van der Waals surface area contributed by atoms with E-state index in [1.807, 2.05) is 0 Å². The Bertz CT molecular complexity index is 1190. The van der Waals surface area contributed by atoms with Gasteiger partial charge in [0.2, 0.25) is 5.91 Å². The van der Waals surface area contributed by atoms with E-state index in [1.54, 1.807) is 11.0 Å². The molecule has 2 aromatic heterocycles. The molecule has 2 amide bonds. The van der Waals surface area contributed by atoms with Gasteiger partial charge >= 0.3 is 6.36 Å². The first-order valence-electron chi connectivity index (χ1n) is 9.71. The molecule has 0 aliphatic carbocycles. The summed E-state index contributed by atoms with van der Waals surface area (Å²) in [6, 6.07) is 4.91. The third-order valence-corrected chi connectivity index (χ3v) is 5.39. The Balaban J connectivity index is 1.46. The van der Waals surface area contributed by atoms with Crippen LogP contribution in [0.3, 0.4) is 0 Å². The van der Waals surface area contributed by atoms with Crippen molar-refractivity contribution >= 4 is 28.5 Å². The number of nitrogens with two attached hydrogens (primary N) is 2. The Morgan fingerprint density at radius 2 is 1.91 bits per heavy atom. The topological polar surface area (TPSA) is 140 Å². The Morgan fingerprint density at radius 1 is 1.19 bits per heavy atom. The second kappa shape index (κ2) is 8.02. The lowest BCUT2D eigenvalue weighted by Gasteiger charge is -2.31. The van der Waals surface area contributed by atoms with Gasteiger partial charge in [-0.3, -0.25) is 14.7 Å². The lowest BCUT2D eigenvalue weighted by atomic mass is 9.91. The highest BCUT2D eigenvalue weighted by atomic mass is 19.4. The molecular weight excluding hydrogens is 429 g/mol.